The van der Waals surface area contributed by atoms with Crippen LogP contribution < -0.4 is 10.9 Å². The van der Waals surface area contributed by atoms with Gasteiger partial charge >= 0.3 is 0 Å². The lowest BCUT2D eigenvalue weighted by Crippen LogP contribution is -2.34. The van der Waals surface area contributed by atoms with Crippen LogP contribution in [0.25, 0.3) is 0 Å². The summed E-state index contributed by atoms with van der Waals surface area (Å²) in [6.45, 7) is 1.60. The number of halogens is 1. The van der Waals surface area contributed by atoms with Crippen molar-refractivity contribution in [1.29, 1.82) is 5.26 Å². The first-order valence-corrected chi connectivity index (χ1v) is 7.99. The number of carbonyl (C=O) groups excluding carboxylic acids is 1. The Labute approximate surface area is 143 Å². The van der Waals surface area contributed by atoms with E-state index in [0.29, 0.717) is 16.3 Å². The van der Waals surface area contributed by atoms with Crippen molar-refractivity contribution in [2.75, 3.05) is 5.32 Å². The fraction of sp³-hybridized carbons (Fsp3) is 0.294. The number of nitrogens with one attached hydrogen (secondary N) is 1. The van der Waals surface area contributed by atoms with Crippen LogP contribution in [-0.4, -0.2) is 15.7 Å². The molecule has 0 bridgehead atoms. The zero-order valence-electron chi connectivity index (χ0n) is 13.0. The van der Waals surface area contributed by atoms with Crippen molar-refractivity contribution in [3.05, 3.63) is 56.5 Å². The monoisotopic (exact) mass is 342 g/mol. The van der Waals surface area contributed by atoms with Crippen LogP contribution in [0, 0.1) is 11.3 Å². The first-order chi connectivity index (χ1) is 11.5. The number of aryl methyl sites for hydroxylation is 2. The largest absolute Gasteiger partial charge is 0.323 e. The van der Waals surface area contributed by atoms with Gasteiger partial charge in [-0.3, -0.25) is 9.59 Å². The molecule has 1 atom stereocenters. The molecule has 1 aliphatic rings. The highest BCUT2D eigenvalue weighted by Gasteiger charge is 2.22. The van der Waals surface area contributed by atoms with Gasteiger partial charge in [-0.15, -0.1) is 0 Å². The van der Waals surface area contributed by atoms with Crippen molar-refractivity contribution in [2.24, 2.45) is 0 Å². The van der Waals surface area contributed by atoms with E-state index in [1.807, 2.05) is 6.07 Å². The maximum Gasteiger partial charge on any atom is 0.267 e. The molecule has 0 saturated heterocycles. The van der Waals surface area contributed by atoms with Crippen molar-refractivity contribution < 1.29 is 4.79 Å². The van der Waals surface area contributed by atoms with Crippen LogP contribution >= 0.6 is 11.6 Å². The van der Waals surface area contributed by atoms with Gasteiger partial charge in [-0.25, -0.2) is 4.68 Å². The van der Waals surface area contributed by atoms with Gasteiger partial charge in [-0.2, -0.15) is 10.4 Å². The number of nitrogens with zero attached hydrogens (tertiary/aromatic N) is 3. The lowest BCUT2D eigenvalue weighted by molar-refractivity contribution is -0.119. The Kier molecular flexibility index (Phi) is 4.36. The molecule has 1 unspecified atom stereocenters. The van der Waals surface area contributed by atoms with Gasteiger partial charge in [0.25, 0.3) is 5.56 Å². The molecule has 7 heteroatoms. The zero-order chi connectivity index (χ0) is 17.3. The van der Waals surface area contributed by atoms with Gasteiger partial charge in [0.15, 0.2) is 0 Å². The fourth-order valence-corrected chi connectivity index (χ4v) is 2.93. The molecule has 3 rings (SSSR count). The summed E-state index contributed by atoms with van der Waals surface area (Å²) in [5.41, 5.74) is 2.15. The molecule has 0 saturated carbocycles. The number of nitriles is 1. The van der Waals surface area contributed by atoms with Crippen LogP contribution in [0.5, 0.6) is 0 Å². The smallest absolute Gasteiger partial charge is 0.267 e. The summed E-state index contributed by atoms with van der Waals surface area (Å²) in [6.07, 6.45) is 2.64. The number of aromatic nitrogens is 2. The van der Waals surface area contributed by atoms with Gasteiger partial charge in [0.2, 0.25) is 5.91 Å². The van der Waals surface area contributed by atoms with Gasteiger partial charge in [0.05, 0.1) is 16.9 Å². The topological polar surface area (TPSA) is 87.8 Å². The summed E-state index contributed by atoms with van der Waals surface area (Å²) < 4.78 is 1.19. The third-order valence-corrected chi connectivity index (χ3v) is 4.32. The van der Waals surface area contributed by atoms with E-state index in [2.05, 4.69) is 10.4 Å². The van der Waals surface area contributed by atoms with Crippen molar-refractivity contribution in [2.45, 2.75) is 32.2 Å². The number of amides is 1. The molecule has 0 aliphatic heterocycles. The molecule has 122 valence electrons. The van der Waals surface area contributed by atoms with Gasteiger partial charge in [0.1, 0.15) is 12.1 Å². The molecule has 0 fully saturated rings. The molecule has 1 aromatic carbocycles. The Morgan fingerprint density at radius 2 is 2.21 bits per heavy atom. The minimum Gasteiger partial charge on any atom is -0.323 e. The average Bonchev–Trinajstić information content (AvgIpc) is 3.00. The predicted molar refractivity (Wildman–Crippen MR) is 90.0 cm³/mol. The van der Waals surface area contributed by atoms with Gasteiger partial charge < -0.3 is 5.32 Å². The first-order valence-electron chi connectivity index (χ1n) is 7.61. The summed E-state index contributed by atoms with van der Waals surface area (Å²) in [5.74, 6) is -0.429. The number of hydrogen-bond acceptors (Lipinski definition) is 4. The Morgan fingerprint density at radius 1 is 1.42 bits per heavy atom. The van der Waals surface area contributed by atoms with E-state index in [4.69, 9.17) is 16.9 Å². The maximum atomic E-state index is 12.5. The van der Waals surface area contributed by atoms with E-state index in [0.717, 1.165) is 30.5 Å². The lowest BCUT2D eigenvalue weighted by atomic mass is 10.2. The van der Waals surface area contributed by atoms with Crippen LogP contribution in [0.4, 0.5) is 5.69 Å². The number of carbonyl (C=O) groups is 1. The van der Waals surface area contributed by atoms with E-state index in [1.54, 1.807) is 19.1 Å². The van der Waals surface area contributed by atoms with Crippen LogP contribution in [-0.2, 0) is 17.6 Å². The third-order valence-electron chi connectivity index (χ3n) is 4.09. The average molecular weight is 343 g/mol. The van der Waals surface area contributed by atoms with E-state index in [9.17, 15) is 9.59 Å². The Hall–Kier alpha value is -2.65. The van der Waals surface area contributed by atoms with Crippen molar-refractivity contribution in [3.63, 3.8) is 0 Å². The van der Waals surface area contributed by atoms with Crippen LogP contribution in [0.15, 0.2) is 29.1 Å². The zero-order valence-corrected chi connectivity index (χ0v) is 13.8. The molecule has 2 aromatic rings. The van der Waals surface area contributed by atoms with Crippen LogP contribution in [0.3, 0.4) is 0 Å². The molecule has 1 heterocycles. The number of anilines is 1. The lowest BCUT2D eigenvalue weighted by Gasteiger charge is -2.15. The maximum absolute atomic E-state index is 12.5. The molecule has 1 N–H and O–H groups in total. The van der Waals surface area contributed by atoms with E-state index >= 15 is 0 Å². The molecule has 6 nitrogen and oxygen atoms in total. The highest BCUT2D eigenvalue weighted by Crippen LogP contribution is 2.22. The highest BCUT2D eigenvalue weighted by molar-refractivity contribution is 6.31. The van der Waals surface area contributed by atoms with Crippen molar-refractivity contribution >= 4 is 23.2 Å². The second-order valence-corrected chi connectivity index (χ2v) is 6.16. The van der Waals surface area contributed by atoms with E-state index in [-0.39, 0.29) is 5.56 Å². The molecule has 1 amide bonds. The minimum absolute atomic E-state index is 0.300. The van der Waals surface area contributed by atoms with Crippen molar-refractivity contribution in [1.82, 2.24) is 9.78 Å². The molecule has 1 aromatic heterocycles. The van der Waals surface area contributed by atoms with Crippen LogP contribution in [0.1, 0.15) is 36.2 Å². The number of fused-ring (bicyclic) bond motifs is 1. The Balaban J connectivity index is 1.88. The second kappa shape index (κ2) is 6.46. The van der Waals surface area contributed by atoms with Gasteiger partial charge in [0, 0.05) is 11.1 Å². The van der Waals surface area contributed by atoms with Gasteiger partial charge in [-0.05, 0) is 49.9 Å². The third kappa shape index (κ3) is 3.03. The molecule has 24 heavy (non-hydrogen) atoms. The predicted octanol–water partition coefficient (Wildman–Crippen LogP) is 2.46. The molecule has 0 spiro atoms. The number of rotatable bonds is 3. The van der Waals surface area contributed by atoms with Crippen LogP contribution in [0.2, 0.25) is 5.02 Å². The standard InChI is InChI=1S/C17H15ClN4O2/c1-10(22-16(23)7-11-3-2-4-14(11)21-22)17(24)20-15-8-13(18)6-5-12(15)9-19/h5-8,10H,2-4H2,1H3,(H,20,24). The first kappa shape index (κ1) is 16.2. The number of benzene rings is 1. The molecule has 0 radical (unpaired) electrons. The summed E-state index contributed by atoms with van der Waals surface area (Å²) in [6, 6.07) is 7.36. The molecular formula is C17H15ClN4O2. The summed E-state index contributed by atoms with van der Waals surface area (Å²) >= 11 is 5.91. The second-order valence-electron chi connectivity index (χ2n) is 5.72. The summed E-state index contributed by atoms with van der Waals surface area (Å²) in [5, 5.41) is 16.5. The molecule has 1 aliphatic carbocycles. The SMILES string of the molecule is CC(C(=O)Nc1cc(Cl)ccc1C#N)n1nc2c(cc1=O)CCC2. The minimum atomic E-state index is -0.797. The van der Waals surface area contributed by atoms with E-state index in [1.165, 1.54) is 16.8 Å². The van der Waals surface area contributed by atoms with Gasteiger partial charge in [-0.1, -0.05) is 11.6 Å². The Bertz CT molecular complexity index is 914. The highest BCUT2D eigenvalue weighted by atomic mass is 35.5. The summed E-state index contributed by atoms with van der Waals surface area (Å²) in [7, 11) is 0. The summed E-state index contributed by atoms with van der Waals surface area (Å²) in [4.78, 5) is 24.7. The van der Waals surface area contributed by atoms with Crippen molar-refractivity contribution in [3.8, 4) is 6.07 Å². The molecular weight excluding hydrogens is 328 g/mol. The Morgan fingerprint density at radius 3 is 2.96 bits per heavy atom. The fourth-order valence-electron chi connectivity index (χ4n) is 2.76. The van der Waals surface area contributed by atoms with E-state index < -0.39 is 11.9 Å². The number of hydrogen-bond donors (Lipinski definition) is 1. The quantitative estimate of drug-likeness (QED) is 0.928. The normalized spacial score (nSPS) is 13.9.